The Labute approximate surface area is 127 Å². The zero-order valence-corrected chi connectivity index (χ0v) is 13.0. The van der Waals surface area contributed by atoms with E-state index in [9.17, 15) is 4.79 Å². The van der Waals surface area contributed by atoms with E-state index in [-0.39, 0.29) is 11.8 Å². The highest BCUT2D eigenvalue weighted by molar-refractivity contribution is 5.91. The number of aryl methyl sites for hydroxylation is 1. The van der Waals surface area contributed by atoms with Gasteiger partial charge in [-0.3, -0.25) is 4.79 Å². The number of amides is 1. The summed E-state index contributed by atoms with van der Waals surface area (Å²) in [7, 11) is 1.64. The zero-order valence-electron chi connectivity index (χ0n) is 13.0. The van der Waals surface area contributed by atoms with Gasteiger partial charge in [0.2, 0.25) is 5.91 Å². The van der Waals surface area contributed by atoms with Crippen LogP contribution < -0.4 is 11.1 Å². The lowest BCUT2D eigenvalue weighted by molar-refractivity contribution is -0.117. The van der Waals surface area contributed by atoms with Crippen LogP contribution in [0, 0.1) is 17.8 Å². The summed E-state index contributed by atoms with van der Waals surface area (Å²) >= 11 is 0. The Kier molecular flexibility index (Phi) is 7.52. The van der Waals surface area contributed by atoms with Crippen molar-refractivity contribution < 1.29 is 9.53 Å². The number of ether oxygens (including phenoxy) is 1. The minimum absolute atomic E-state index is 0.00930. The molecule has 0 aromatic heterocycles. The first-order valence-corrected chi connectivity index (χ1v) is 7.21. The van der Waals surface area contributed by atoms with Gasteiger partial charge in [-0.2, -0.15) is 0 Å². The molecule has 4 nitrogen and oxygen atoms in total. The zero-order chi connectivity index (χ0) is 15.7. The highest BCUT2D eigenvalue weighted by Gasteiger charge is 2.11. The van der Waals surface area contributed by atoms with Gasteiger partial charge in [-0.25, -0.2) is 0 Å². The molecule has 0 fully saturated rings. The molecule has 1 atom stereocenters. The second-order valence-corrected chi connectivity index (χ2v) is 5.04. The van der Waals surface area contributed by atoms with Crippen molar-refractivity contribution in [3.05, 3.63) is 29.3 Å². The van der Waals surface area contributed by atoms with Crippen molar-refractivity contribution in [3.8, 4) is 11.8 Å². The summed E-state index contributed by atoms with van der Waals surface area (Å²) in [4.78, 5) is 12.0. The van der Waals surface area contributed by atoms with Crippen LogP contribution in [0.3, 0.4) is 0 Å². The molecular formula is C17H24N2O2. The molecule has 1 amide bonds. The topological polar surface area (TPSA) is 64.3 Å². The third-order valence-electron chi connectivity index (χ3n) is 3.08. The summed E-state index contributed by atoms with van der Waals surface area (Å²) < 4.78 is 5.05. The first-order valence-electron chi connectivity index (χ1n) is 7.21. The Balaban J connectivity index is 2.76. The number of hydrogen-bond donors (Lipinski definition) is 2. The van der Waals surface area contributed by atoms with E-state index in [1.165, 1.54) is 0 Å². The number of benzene rings is 1. The van der Waals surface area contributed by atoms with Gasteiger partial charge in [-0.05, 0) is 36.1 Å². The SMILES string of the molecule is CCc1cc(C#CCN)ccc1NC(=O)CC(C)COC. The second-order valence-electron chi connectivity index (χ2n) is 5.04. The molecule has 0 aliphatic carbocycles. The molecule has 1 aromatic rings. The third kappa shape index (κ3) is 5.99. The molecule has 0 heterocycles. The summed E-state index contributed by atoms with van der Waals surface area (Å²) in [5.74, 6) is 6.05. The molecule has 114 valence electrons. The molecule has 0 bridgehead atoms. The first-order chi connectivity index (χ1) is 10.1. The van der Waals surface area contributed by atoms with Crippen LogP contribution in [0.1, 0.15) is 31.4 Å². The maximum absolute atomic E-state index is 12.0. The van der Waals surface area contributed by atoms with E-state index in [2.05, 4.69) is 24.1 Å². The van der Waals surface area contributed by atoms with Gasteiger partial charge in [-0.15, -0.1) is 0 Å². The van der Waals surface area contributed by atoms with Crippen molar-refractivity contribution >= 4 is 11.6 Å². The molecule has 1 rings (SSSR count). The van der Waals surface area contributed by atoms with Crippen LogP contribution in [-0.4, -0.2) is 26.2 Å². The van der Waals surface area contributed by atoms with E-state index in [1.807, 2.05) is 25.1 Å². The van der Waals surface area contributed by atoms with E-state index < -0.39 is 0 Å². The van der Waals surface area contributed by atoms with Crippen molar-refractivity contribution in [1.82, 2.24) is 0 Å². The summed E-state index contributed by atoms with van der Waals surface area (Å²) in [6.07, 6.45) is 1.28. The van der Waals surface area contributed by atoms with E-state index >= 15 is 0 Å². The van der Waals surface area contributed by atoms with Crippen molar-refractivity contribution in [3.63, 3.8) is 0 Å². The Morgan fingerprint density at radius 3 is 2.86 bits per heavy atom. The standard InChI is InChI=1S/C17H24N2O2/c1-4-15-11-14(6-5-9-18)7-8-16(15)19-17(20)10-13(2)12-21-3/h7-8,11,13H,4,9-10,12,18H2,1-3H3,(H,19,20). The molecule has 4 heteroatoms. The molecule has 0 aliphatic rings. The number of hydrogen-bond acceptors (Lipinski definition) is 3. The number of anilines is 1. The monoisotopic (exact) mass is 288 g/mol. The van der Waals surface area contributed by atoms with E-state index in [0.29, 0.717) is 19.6 Å². The molecule has 0 spiro atoms. The molecule has 3 N–H and O–H groups in total. The normalized spacial score (nSPS) is 11.4. The molecule has 21 heavy (non-hydrogen) atoms. The lowest BCUT2D eigenvalue weighted by atomic mass is 10.1. The van der Waals surface area contributed by atoms with Gasteiger partial charge in [0.15, 0.2) is 0 Å². The lowest BCUT2D eigenvalue weighted by Gasteiger charge is -2.13. The lowest BCUT2D eigenvalue weighted by Crippen LogP contribution is -2.18. The Hall–Kier alpha value is -1.83. The van der Waals surface area contributed by atoms with Crippen LogP contribution in [-0.2, 0) is 16.0 Å². The largest absolute Gasteiger partial charge is 0.384 e. The van der Waals surface area contributed by atoms with Gasteiger partial charge < -0.3 is 15.8 Å². The summed E-state index contributed by atoms with van der Waals surface area (Å²) in [5.41, 5.74) is 8.22. The summed E-state index contributed by atoms with van der Waals surface area (Å²) in [6.45, 7) is 4.98. The first kappa shape index (κ1) is 17.2. The highest BCUT2D eigenvalue weighted by atomic mass is 16.5. The average Bonchev–Trinajstić information content (AvgIpc) is 2.46. The number of nitrogens with one attached hydrogen (secondary N) is 1. The highest BCUT2D eigenvalue weighted by Crippen LogP contribution is 2.19. The second kappa shape index (κ2) is 9.17. The van der Waals surface area contributed by atoms with Gasteiger partial charge in [0, 0.05) is 31.4 Å². The van der Waals surface area contributed by atoms with Crippen LogP contribution >= 0.6 is 0 Å². The van der Waals surface area contributed by atoms with Crippen LogP contribution in [0.25, 0.3) is 0 Å². The van der Waals surface area contributed by atoms with Crippen LogP contribution in [0.2, 0.25) is 0 Å². The fourth-order valence-corrected chi connectivity index (χ4v) is 2.10. The number of methoxy groups -OCH3 is 1. The minimum Gasteiger partial charge on any atom is -0.384 e. The molecule has 0 radical (unpaired) electrons. The predicted molar refractivity (Wildman–Crippen MR) is 86.0 cm³/mol. The van der Waals surface area contributed by atoms with E-state index in [0.717, 1.165) is 23.2 Å². The quantitative estimate of drug-likeness (QED) is 0.789. The number of rotatable bonds is 6. The average molecular weight is 288 g/mol. The molecule has 1 aromatic carbocycles. The Morgan fingerprint density at radius 2 is 2.24 bits per heavy atom. The Bertz CT molecular complexity index is 529. The van der Waals surface area contributed by atoms with Gasteiger partial charge in [0.05, 0.1) is 6.54 Å². The fraction of sp³-hybridized carbons (Fsp3) is 0.471. The van der Waals surface area contributed by atoms with Crippen LogP contribution in [0.5, 0.6) is 0 Å². The minimum atomic E-state index is 0.00930. The van der Waals surface area contributed by atoms with Crippen molar-refractivity contribution in [1.29, 1.82) is 0 Å². The molecule has 1 unspecified atom stereocenters. The van der Waals surface area contributed by atoms with Gasteiger partial charge in [0.25, 0.3) is 0 Å². The predicted octanol–water partition coefficient (Wildman–Crippen LogP) is 2.17. The molecule has 0 saturated carbocycles. The summed E-state index contributed by atoms with van der Waals surface area (Å²) in [5, 5.41) is 2.97. The van der Waals surface area contributed by atoms with Gasteiger partial charge >= 0.3 is 0 Å². The van der Waals surface area contributed by atoms with E-state index in [4.69, 9.17) is 10.5 Å². The fourth-order valence-electron chi connectivity index (χ4n) is 2.10. The van der Waals surface area contributed by atoms with Crippen molar-refractivity contribution in [2.75, 3.05) is 25.6 Å². The Morgan fingerprint density at radius 1 is 1.48 bits per heavy atom. The molecule has 0 saturated heterocycles. The third-order valence-corrected chi connectivity index (χ3v) is 3.08. The molecule has 0 aliphatic heterocycles. The number of carbonyl (C=O) groups is 1. The number of nitrogens with two attached hydrogens (primary N) is 1. The van der Waals surface area contributed by atoms with Crippen molar-refractivity contribution in [2.45, 2.75) is 26.7 Å². The maximum Gasteiger partial charge on any atom is 0.224 e. The maximum atomic E-state index is 12.0. The number of carbonyl (C=O) groups excluding carboxylic acids is 1. The van der Waals surface area contributed by atoms with Gasteiger partial charge in [0.1, 0.15) is 0 Å². The van der Waals surface area contributed by atoms with Crippen LogP contribution in [0.4, 0.5) is 5.69 Å². The summed E-state index contributed by atoms with van der Waals surface area (Å²) in [6, 6.07) is 5.80. The van der Waals surface area contributed by atoms with Gasteiger partial charge in [-0.1, -0.05) is 25.7 Å². The van der Waals surface area contributed by atoms with E-state index in [1.54, 1.807) is 7.11 Å². The molecular weight excluding hydrogens is 264 g/mol. The smallest absolute Gasteiger partial charge is 0.224 e. The van der Waals surface area contributed by atoms with Crippen molar-refractivity contribution in [2.24, 2.45) is 11.7 Å². The van der Waals surface area contributed by atoms with Crippen LogP contribution in [0.15, 0.2) is 18.2 Å².